The van der Waals surface area contributed by atoms with Crippen LogP contribution in [0.2, 0.25) is 0 Å². The number of hydrogen-bond donors (Lipinski definition) is 2. The Kier molecular flexibility index (Phi) is 5.35. The van der Waals surface area contributed by atoms with Gasteiger partial charge in [-0.2, -0.15) is 0 Å². The quantitative estimate of drug-likeness (QED) is 0.658. The molecule has 0 spiro atoms. The number of carbonyl (C=O) groups is 1. The van der Waals surface area contributed by atoms with Gasteiger partial charge in [0.15, 0.2) is 0 Å². The number of halogens is 1. The molecule has 4 nitrogen and oxygen atoms in total. The molecule has 0 aromatic heterocycles. The number of carbonyl (C=O) groups excluding carboxylic acids is 1. The number of rotatable bonds is 4. The van der Waals surface area contributed by atoms with Gasteiger partial charge in [0.2, 0.25) is 5.91 Å². The van der Waals surface area contributed by atoms with E-state index in [0.717, 1.165) is 25.7 Å². The summed E-state index contributed by atoms with van der Waals surface area (Å²) in [5, 5.41) is 2.49. The van der Waals surface area contributed by atoms with E-state index in [2.05, 4.69) is 5.32 Å². The first-order valence-corrected chi connectivity index (χ1v) is 7.11. The highest BCUT2D eigenvalue weighted by molar-refractivity contribution is 5.92. The van der Waals surface area contributed by atoms with E-state index in [0.29, 0.717) is 5.69 Å². The summed E-state index contributed by atoms with van der Waals surface area (Å²) < 4.78 is 19.1. The summed E-state index contributed by atoms with van der Waals surface area (Å²) in [6, 6.07) is 4.09. The van der Waals surface area contributed by atoms with Crippen molar-refractivity contribution >= 4 is 17.3 Å². The van der Waals surface area contributed by atoms with Crippen LogP contribution >= 0.6 is 0 Å². The van der Waals surface area contributed by atoms with Gasteiger partial charge in [0.05, 0.1) is 11.8 Å². The standard InChI is InChI=1S/C15H21FN2O2/c16-13-8-7-11(17)9-14(13)18-15(19)10-20-12-5-3-1-2-4-6-12/h7-9,12H,1-6,10,17H2,(H,18,19). The van der Waals surface area contributed by atoms with Crippen molar-refractivity contribution < 1.29 is 13.9 Å². The van der Waals surface area contributed by atoms with Gasteiger partial charge in [-0.1, -0.05) is 25.7 Å². The fourth-order valence-electron chi connectivity index (χ4n) is 2.43. The molecule has 0 radical (unpaired) electrons. The second-order valence-electron chi connectivity index (χ2n) is 5.21. The Morgan fingerprint density at radius 3 is 2.70 bits per heavy atom. The zero-order chi connectivity index (χ0) is 14.4. The van der Waals surface area contributed by atoms with Crippen molar-refractivity contribution in [2.45, 2.75) is 44.6 Å². The number of nitrogens with one attached hydrogen (secondary N) is 1. The molecule has 2 rings (SSSR count). The van der Waals surface area contributed by atoms with Crippen molar-refractivity contribution in [2.24, 2.45) is 0 Å². The van der Waals surface area contributed by atoms with Crippen LogP contribution in [-0.4, -0.2) is 18.6 Å². The third-order valence-corrected chi connectivity index (χ3v) is 3.52. The van der Waals surface area contributed by atoms with E-state index in [-0.39, 0.29) is 24.3 Å². The minimum absolute atomic E-state index is 0.0428. The molecule has 1 amide bonds. The Labute approximate surface area is 118 Å². The van der Waals surface area contributed by atoms with Crippen LogP contribution in [0.5, 0.6) is 0 Å². The van der Waals surface area contributed by atoms with Gasteiger partial charge in [-0.15, -0.1) is 0 Å². The maximum Gasteiger partial charge on any atom is 0.250 e. The number of nitrogens with two attached hydrogens (primary N) is 1. The lowest BCUT2D eigenvalue weighted by Crippen LogP contribution is -2.23. The van der Waals surface area contributed by atoms with Crippen molar-refractivity contribution in [3.8, 4) is 0 Å². The number of amides is 1. The number of nitrogen functional groups attached to an aromatic ring is 1. The largest absolute Gasteiger partial charge is 0.399 e. The predicted octanol–water partition coefficient (Wildman–Crippen LogP) is 3.09. The third kappa shape index (κ3) is 4.49. The van der Waals surface area contributed by atoms with Crippen molar-refractivity contribution in [1.29, 1.82) is 0 Å². The van der Waals surface area contributed by atoms with Crippen LogP contribution < -0.4 is 11.1 Å². The lowest BCUT2D eigenvalue weighted by atomic mass is 10.1. The molecule has 5 heteroatoms. The van der Waals surface area contributed by atoms with E-state index in [1.54, 1.807) is 0 Å². The van der Waals surface area contributed by atoms with Gasteiger partial charge in [-0.05, 0) is 31.0 Å². The molecule has 1 aromatic carbocycles. The number of benzene rings is 1. The van der Waals surface area contributed by atoms with Gasteiger partial charge in [0.1, 0.15) is 12.4 Å². The Balaban J connectivity index is 1.81. The lowest BCUT2D eigenvalue weighted by Gasteiger charge is -2.15. The summed E-state index contributed by atoms with van der Waals surface area (Å²) in [5.74, 6) is -0.847. The highest BCUT2D eigenvalue weighted by atomic mass is 19.1. The van der Waals surface area contributed by atoms with Crippen LogP contribution in [-0.2, 0) is 9.53 Å². The van der Waals surface area contributed by atoms with Gasteiger partial charge in [0.25, 0.3) is 0 Å². The molecular formula is C15H21FN2O2. The highest BCUT2D eigenvalue weighted by Gasteiger charge is 2.15. The minimum Gasteiger partial charge on any atom is -0.399 e. The van der Waals surface area contributed by atoms with Crippen molar-refractivity contribution in [1.82, 2.24) is 0 Å². The fourth-order valence-corrected chi connectivity index (χ4v) is 2.43. The Bertz CT molecular complexity index is 457. The molecule has 0 heterocycles. The fraction of sp³-hybridized carbons (Fsp3) is 0.533. The predicted molar refractivity (Wildman–Crippen MR) is 76.9 cm³/mol. The second-order valence-corrected chi connectivity index (χ2v) is 5.21. The Morgan fingerprint density at radius 2 is 2.00 bits per heavy atom. The normalized spacial score (nSPS) is 16.6. The van der Waals surface area contributed by atoms with Gasteiger partial charge in [-0.3, -0.25) is 4.79 Å². The van der Waals surface area contributed by atoms with Crippen LogP contribution in [0.4, 0.5) is 15.8 Å². The van der Waals surface area contributed by atoms with E-state index >= 15 is 0 Å². The summed E-state index contributed by atoms with van der Waals surface area (Å²) in [4.78, 5) is 11.8. The topological polar surface area (TPSA) is 64.3 Å². The molecule has 1 aliphatic rings. The number of anilines is 2. The van der Waals surface area contributed by atoms with Crippen molar-refractivity contribution in [3.05, 3.63) is 24.0 Å². The smallest absolute Gasteiger partial charge is 0.250 e. The van der Waals surface area contributed by atoms with Crippen molar-refractivity contribution in [3.63, 3.8) is 0 Å². The molecule has 0 saturated heterocycles. The first kappa shape index (κ1) is 14.8. The molecule has 20 heavy (non-hydrogen) atoms. The molecule has 1 saturated carbocycles. The Hall–Kier alpha value is -1.62. The minimum atomic E-state index is -0.498. The second kappa shape index (κ2) is 7.24. The number of hydrogen-bond acceptors (Lipinski definition) is 3. The van der Waals surface area contributed by atoms with Crippen LogP contribution in [0.3, 0.4) is 0 Å². The average Bonchev–Trinajstić information content (AvgIpc) is 2.69. The molecular weight excluding hydrogens is 259 g/mol. The molecule has 1 aromatic rings. The van der Waals surface area contributed by atoms with E-state index in [9.17, 15) is 9.18 Å². The average molecular weight is 280 g/mol. The van der Waals surface area contributed by atoms with Gasteiger partial charge in [0, 0.05) is 5.69 Å². The molecule has 1 aliphatic carbocycles. The summed E-state index contributed by atoms with van der Waals surface area (Å²) in [6.07, 6.45) is 6.92. The SMILES string of the molecule is Nc1ccc(F)c(NC(=O)COC2CCCCCC2)c1. The van der Waals surface area contributed by atoms with Crippen LogP contribution in [0.15, 0.2) is 18.2 Å². The first-order valence-electron chi connectivity index (χ1n) is 7.11. The molecule has 1 fully saturated rings. The van der Waals surface area contributed by atoms with E-state index < -0.39 is 5.82 Å². The molecule has 0 atom stereocenters. The summed E-state index contributed by atoms with van der Waals surface area (Å²) in [7, 11) is 0. The zero-order valence-electron chi connectivity index (χ0n) is 11.5. The van der Waals surface area contributed by atoms with Gasteiger partial charge in [-0.25, -0.2) is 4.39 Å². The summed E-state index contributed by atoms with van der Waals surface area (Å²) in [6.45, 7) is -0.0428. The molecule has 0 aliphatic heterocycles. The van der Waals surface area contributed by atoms with E-state index in [1.165, 1.54) is 31.0 Å². The van der Waals surface area contributed by atoms with Crippen molar-refractivity contribution in [2.75, 3.05) is 17.7 Å². The van der Waals surface area contributed by atoms with Crippen LogP contribution in [0.25, 0.3) is 0 Å². The van der Waals surface area contributed by atoms with Crippen LogP contribution in [0.1, 0.15) is 38.5 Å². The number of ether oxygens (including phenoxy) is 1. The van der Waals surface area contributed by atoms with E-state index in [1.807, 2.05) is 0 Å². The van der Waals surface area contributed by atoms with Gasteiger partial charge < -0.3 is 15.8 Å². The summed E-state index contributed by atoms with van der Waals surface area (Å²) in [5.41, 5.74) is 6.07. The molecule has 110 valence electrons. The highest BCUT2D eigenvalue weighted by Crippen LogP contribution is 2.20. The lowest BCUT2D eigenvalue weighted by molar-refractivity contribution is -0.122. The molecule has 3 N–H and O–H groups in total. The molecule has 0 unspecified atom stereocenters. The Morgan fingerprint density at radius 1 is 1.30 bits per heavy atom. The third-order valence-electron chi connectivity index (χ3n) is 3.52. The monoisotopic (exact) mass is 280 g/mol. The maximum absolute atomic E-state index is 13.5. The summed E-state index contributed by atoms with van der Waals surface area (Å²) >= 11 is 0. The molecule has 0 bridgehead atoms. The maximum atomic E-state index is 13.5. The zero-order valence-corrected chi connectivity index (χ0v) is 11.5. The van der Waals surface area contributed by atoms with Crippen LogP contribution in [0, 0.1) is 5.82 Å². The van der Waals surface area contributed by atoms with E-state index in [4.69, 9.17) is 10.5 Å². The first-order chi connectivity index (χ1) is 9.65. The van der Waals surface area contributed by atoms with Gasteiger partial charge >= 0.3 is 0 Å².